The number of benzene rings is 1. The van der Waals surface area contributed by atoms with Crippen molar-refractivity contribution in [1.29, 1.82) is 0 Å². The maximum Gasteiger partial charge on any atom is 0.257 e. The summed E-state index contributed by atoms with van der Waals surface area (Å²) in [5, 5.41) is 13.0. The fraction of sp³-hybridized carbons (Fsp3) is 0.409. The molecule has 2 aromatic rings. The van der Waals surface area contributed by atoms with Crippen LogP contribution in [-0.4, -0.2) is 36.0 Å². The molecule has 1 aromatic heterocycles. The van der Waals surface area contributed by atoms with Crippen LogP contribution in [0.4, 0.5) is 4.39 Å². The van der Waals surface area contributed by atoms with Gasteiger partial charge in [-0.1, -0.05) is 30.7 Å². The first-order chi connectivity index (χ1) is 15.9. The minimum absolute atomic E-state index is 0.0141. The molecule has 3 atom stereocenters. The van der Waals surface area contributed by atoms with Gasteiger partial charge in [-0.15, -0.1) is 0 Å². The molecule has 0 saturated heterocycles. The summed E-state index contributed by atoms with van der Waals surface area (Å²) in [5.74, 6) is -3.38. The lowest BCUT2D eigenvalue weighted by Gasteiger charge is -2.30. The van der Waals surface area contributed by atoms with Crippen LogP contribution in [0.2, 0.25) is 5.02 Å². The maximum absolute atomic E-state index is 14.2. The van der Waals surface area contributed by atoms with Gasteiger partial charge in [-0.25, -0.2) is 17.5 Å². The number of hydrogen-bond donors (Lipinski definition) is 3. The summed E-state index contributed by atoms with van der Waals surface area (Å²) in [5.41, 5.74) is -1.70. The van der Waals surface area contributed by atoms with Crippen molar-refractivity contribution in [2.24, 2.45) is 5.92 Å². The van der Waals surface area contributed by atoms with Gasteiger partial charge in [-0.2, -0.15) is 0 Å². The van der Waals surface area contributed by atoms with Gasteiger partial charge in [0.15, 0.2) is 11.5 Å². The van der Waals surface area contributed by atoms with Crippen LogP contribution in [0.3, 0.4) is 0 Å². The first kappa shape index (κ1) is 24.4. The Kier molecular flexibility index (Phi) is 6.30. The zero-order chi connectivity index (χ0) is 24.9. The zero-order valence-corrected chi connectivity index (χ0v) is 20.0. The number of aromatic nitrogens is 1. The molecule has 1 unspecified atom stereocenters. The highest BCUT2D eigenvalue weighted by Crippen LogP contribution is 2.46. The van der Waals surface area contributed by atoms with Gasteiger partial charge in [0.2, 0.25) is 15.5 Å². The molecule has 2 aliphatic rings. The lowest BCUT2D eigenvalue weighted by atomic mass is 9.86. The third-order valence-electron chi connectivity index (χ3n) is 6.33. The molecule has 34 heavy (non-hydrogen) atoms. The molecule has 1 amide bonds. The average Bonchev–Trinajstić information content (AvgIpc) is 3.09. The first-order valence-electron chi connectivity index (χ1n) is 10.7. The minimum Gasteiger partial charge on any atom is -0.503 e. The second-order valence-corrected chi connectivity index (χ2v) is 10.8. The second-order valence-electron chi connectivity index (χ2n) is 8.59. The number of pyridine rings is 1. The van der Waals surface area contributed by atoms with Crippen molar-refractivity contribution >= 4 is 33.3 Å². The largest absolute Gasteiger partial charge is 0.503 e. The SMILES string of the molecule is CCC1C[C@@H]2C[C@@H](NS(C)(=O)=O)c3c(C(=O)NCc4cccc(Cl)c4F)c(=O)c(O)c(n32)C1=O. The lowest BCUT2D eigenvalue weighted by molar-refractivity contribution is 0.0846. The third kappa shape index (κ3) is 4.12. The monoisotopic (exact) mass is 511 g/mol. The Bertz CT molecular complexity index is 1370. The number of rotatable bonds is 6. The Hall–Kier alpha value is -2.76. The molecule has 0 spiro atoms. The van der Waals surface area contributed by atoms with Crippen LogP contribution in [0.25, 0.3) is 0 Å². The van der Waals surface area contributed by atoms with Crippen LogP contribution >= 0.6 is 11.6 Å². The van der Waals surface area contributed by atoms with E-state index >= 15 is 0 Å². The van der Waals surface area contributed by atoms with E-state index in [0.29, 0.717) is 12.8 Å². The summed E-state index contributed by atoms with van der Waals surface area (Å²) in [6, 6.07) is 2.90. The van der Waals surface area contributed by atoms with Crippen LogP contribution < -0.4 is 15.5 Å². The Balaban J connectivity index is 1.83. The van der Waals surface area contributed by atoms with Crippen molar-refractivity contribution in [2.45, 2.75) is 44.8 Å². The van der Waals surface area contributed by atoms with E-state index in [1.54, 1.807) is 0 Å². The molecule has 3 N–H and O–H groups in total. The number of Topliss-reactive ketones (excluding diaryl/α,β-unsaturated/α-hetero) is 1. The highest BCUT2D eigenvalue weighted by atomic mass is 35.5. The number of carbonyl (C=O) groups is 2. The Labute approximate surface area is 200 Å². The lowest BCUT2D eigenvalue weighted by Crippen LogP contribution is -2.37. The molecule has 2 aliphatic heterocycles. The molecule has 182 valence electrons. The summed E-state index contributed by atoms with van der Waals surface area (Å²) >= 11 is 5.77. The van der Waals surface area contributed by atoms with Crippen LogP contribution in [0.1, 0.15) is 70.4 Å². The molecule has 4 rings (SSSR count). The van der Waals surface area contributed by atoms with E-state index in [-0.39, 0.29) is 34.9 Å². The smallest absolute Gasteiger partial charge is 0.257 e. The summed E-state index contributed by atoms with van der Waals surface area (Å²) in [7, 11) is -3.75. The molecule has 9 nitrogen and oxygen atoms in total. The molecular formula is C22H23ClFN3O6S. The van der Waals surface area contributed by atoms with Gasteiger partial charge in [0.1, 0.15) is 17.1 Å². The average molecular weight is 512 g/mol. The highest BCUT2D eigenvalue weighted by Gasteiger charge is 2.46. The second kappa shape index (κ2) is 8.79. The molecule has 3 heterocycles. The van der Waals surface area contributed by atoms with Gasteiger partial charge in [0.05, 0.1) is 23.0 Å². The van der Waals surface area contributed by atoms with Crippen LogP contribution in [-0.2, 0) is 16.6 Å². The van der Waals surface area contributed by atoms with Crippen LogP contribution in [0.5, 0.6) is 5.75 Å². The Morgan fingerprint density at radius 1 is 1.29 bits per heavy atom. The topological polar surface area (TPSA) is 135 Å². The van der Waals surface area contributed by atoms with Crippen molar-refractivity contribution in [2.75, 3.05) is 6.26 Å². The van der Waals surface area contributed by atoms with E-state index in [0.717, 1.165) is 6.26 Å². The number of nitrogens with one attached hydrogen (secondary N) is 2. The highest BCUT2D eigenvalue weighted by molar-refractivity contribution is 7.88. The van der Waals surface area contributed by atoms with E-state index < -0.39 is 62.3 Å². The maximum atomic E-state index is 14.2. The number of halogens is 2. The fourth-order valence-electron chi connectivity index (χ4n) is 4.86. The van der Waals surface area contributed by atoms with Crippen molar-refractivity contribution in [3.63, 3.8) is 0 Å². The predicted molar refractivity (Wildman–Crippen MR) is 122 cm³/mol. The Morgan fingerprint density at radius 3 is 2.65 bits per heavy atom. The minimum atomic E-state index is -3.75. The normalized spacial score (nSPS) is 21.4. The van der Waals surface area contributed by atoms with Gasteiger partial charge < -0.3 is 15.0 Å². The molecule has 0 bridgehead atoms. The van der Waals surface area contributed by atoms with E-state index in [1.165, 1.54) is 22.8 Å². The van der Waals surface area contributed by atoms with Crippen LogP contribution in [0, 0.1) is 11.7 Å². The van der Waals surface area contributed by atoms with Crippen molar-refractivity contribution in [3.8, 4) is 5.75 Å². The molecular weight excluding hydrogens is 489 g/mol. The molecule has 1 aromatic carbocycles. The zero-order valence-electron chi connectivity index (χ0n) is 18.4. The molecule has 12 heteroatoms. The van der Waals surface area contributed by atoms with Gasteiger partial charge in [-0.3, -0.25) is 14.4 Å². The van der Waals surface area contributed by atoms with E-state index in [2.05, 4.69) is 10.0 Å². The molecule has 0 fully saturated rings. The number of amides is 1. The number of ketones is 1. The van der Waals surface area contributed by atoms with Gasteiger partial charge in [0, 0.05) is 24.1 Å². The Morgan fingerprint density at radius 2 is 2.00 bits per heavy atom. The van der Waals surface area contributed by atoms with E-state index in [1.807, 2.05) is 6.92 Å². The number of carbonyl (C=O) groups excluding carboxylic acids is 2. The predicted octanol–water partition coefficient (Wildman–Crippen LogP) is 2.42. The number of aromatic hydroxyl groups is 1. The van der Waals surface area contributed by atoms with Gasteiger partial charge in [0.25, 0.3) is 5.91 Å². The molecule has 0 saturated carbocycles. The van der Waals surface area contributed by atoms with Crippen molar-refractivity contribution in [1.82, 2.24) is 14.6 Å². The first-order valence-corrected chi connectivity index (χ1v) is 12.9. The molecule has 0 radical (unpaired) electrons. The van der Waals surface area contributed by atoms with Gasteiger partial charge >= 0.3 is 0 Å². The quantitative estimate of drug-likeness (QED) is 0.545. The summed E-state index contributed by atoms with van der Waals surface area (Å²) < 4.78 is 42.1. The summed E-state index contributed by atoms with van der Waals surface area (Å²) in [6.45, 7) is 1.50. The third-order valence-corrected chi connectivity index (χ3v) is 7.34. The van der Waals surface area contributed by atoms with Gasteiger partial charge in [-0.05, 0) is 25.3 Å². The summed E-state index contributed by atoms with van der Waals surface area (Å²) in [6.07, 6.45) is 2.02. The van der Waals surface area contributed by atoms with E-state index in [9.17, 15) is 32.3 Å². The number of nitrogens with zero attached hydrogens (tertiary/aromatic N) is 1. The molecule has 0 aliphatic carbocycles. The standard InChI is InChI=1S/C22H23ClFN3O6S/c1-3-10-7-12-8-14(26-34(2,32)33)17-15(20(29)21(30)18(19(10)28)27(12)17)22(31)25-9-11-5-4-6-13(23)16(11)24/h4-6,10,12,14,26,30H,3,7-9H2,1-2H3,(H,25,31)/t10?,12-,14-/m1/s1. The van der Waals surface area contributed by atoms with Crippen LogP contribution in [0.15, 0.2) is 23.0 Å². The fourth-order valence-corrected chi connectivity index (χ4v) is 5.78. The van der Waals surface area contributed by atoms with E-state index in [4.69, 9.17) is 11.6 Å². The number of sulfonamides is 1. The summed E-state index contributed by atoms with van der Waals surface area (Å²) in [4.78, 5) is 39.2. The van der Waals surface area contributed by atoms with Crippen molar-refractivity contribution in [3.05, 3.63) is 61.8 Å². The van der Waals surface area contributed by atoms with Crippen molar-refractivity contribution < 1.29 is 27.5 Å². The number of hydrogen-bond acceptors (Lipinski definition) is 6.